The summed E-state index contributed by atoms with van der Waals surface area (Å²) in [5, 5.41) is 0. The summed E-state index contributed by atoms with van der Waals surface area (Å²) < 4.78 is 40.0. The highest BCUT2D eigenvalue weighted by Crippen LogP contribution is 2.28. The molecule has 106 valence electrons. The fourth-order valence-corrected chi connectivity index (χ4v) is 4.18. The van der Waals surface area contributed by atoms with Crippen LogP contribution in [0.25, 0.3) is 0 Å². The highest BCUT2D eigenvalue weighted by molar-refractivity contribution is 7.89. The van der Waals surface area contributed by atoms with E-state index in [-0.39, 0.29) is 16.6 Å². The van der Waals surface area contributed by atoms with Crippen molar-refractivity contribution in [2.24, 2.45) is 5.92 Å². The summed E-state index contributed by atoms with van der Waals surface area (Å²) in [4.78, 5) is -0.0276. The fourth-order valence-electron chi connectivity index (χ4n) is 2.39. The molecule has 2 atom stereocenters. The van der Waals surface area contributed by atoms with Crippen molar-refractivity contribution in [3.8, 4) is 0 Å². The molecule has 0 radical (unpaired) electrons. The van der Waals surface area contributed by atoms with E-state index in [1.807, 2.05) is 13.8 Å². The number of nitrogens with zero attached hydrogens (tertiary/aromatic N) is 1. The number of nitrogens with two attached hydrogens (primary N) is 1. The summed E-state index contributed by atoms with van der Waals surface area (Å²) in [5.74, 6) is -0.372. The van der Waals surface area contributed by atoms with E-state index in [9.17, 15) is 12.8 Å². The molecule has 1 aliphatic heterocycles. The van der Waals surface area contributed by atoms with Gasteiger partial charge in [-0.1, -0.05) is 6.92 Å². The summed E-state index contributed by atoms with van der Waals surface area (Å²) in [5.41, 5.74) is 5.33. The van der Waals surface area contributed by atoms with Crippen LogP contribution >= 0.6 is 0 Å². The second kappa shape index (κ2) is 5.09. The minimum absolute atomic E-state index is 0.0276. The van der Waals surface area contributed by atoms with E-state index in [1.165, 1.54) is 16.4 Å². The van der Waals surface area contributed by atoms with Gasteiger partial charge in [0, 0.05) is 12.6 Å². The van der Waals surface area contributed by atoms with Crippen LogP contribution in [0.15, 0.2) is 23.1 Å². The zero-order valence-electron chi connectivity index (χ0n) is 11.1. The van der Waals surface area contributed by atoms with Crippen molar-refractivity contribution in [2.75, 3.05) is 12.3 Å². The van der Waals surface area contributed by atoms with Crippen LogP contribution in [-0.2, 0) is 10.0 Å². The summed E-state index contributed by atoms with van der Waals surface area (Å²) >= 11 is 0. The third kappa shape index (κ3) is 2.74. The monoisotopic (exact) mass is 286 g/mol. The molecule has 0 aliphatic carbocycles. The Hall–Kier alpha value is -1.14. The lowest BCUT2D eigenvalue weighted by Crippen LogP contribution is -2.44. The molecule has 1 heterocycles. The lowest BCUT2D eigenvalue weighted by Gasteiger charge is -2.35. The fraction of sp³-hybridized carbons (Fsp3) is 0.538. The Kier molecular flexibility index (Phi) is 3.82. The molecule has 1 aromatic rings. The Balaban J connectivity index is 2.38. The van der Waals surface area contributed by atoms with Gasteiger partial charge < -0.3 is 5.73 Å². The minimum atomic E-state index is -3.65. The largest absolute Gasteiger partial charge is 0.396 e. The Labute approximate surface area is 113 Å². The SMILES string of the molecule is CC1CCC(C)N(S(=O)(=O)c2ccc(N)c(F)c2)C1. The van der Waals surface area contributed by atoms with E-state index in [2.05, 4.69) is 0 Å². The van der Waals surface area contributed by atoms with Gasteiger partial charge >= 0.3 is 0 Å². The number of hydrogen-bond donors (Lipinski definition) is 1. The lowest BCUT2D eigenvalue weighted by molar-refractivity contribution is 0.218. The van der Waals surface area contributed by atoms with Crippen LogP contribution < -0.4 is 5.73 Å². The Morgan fingerprint density at radius 3 is 2.63 bits per heavy atom. The number of anilines is 1. The number of sulfonamides is 1. The number of piperidine rings is 1. The normalized spacial score (nSPS) is 25.4. The number of hydrogen-bond acceptors (Lipinski definition) is 3. The van der Waals surface area contributed by atoms with Crippen LogP contribution in [0.4, 0.5) is 10.1 Å². The van der Waals surface area contributed by atoms with Gasteiger partial charge in [0.2, 0.25) is 10.0 Å². The van der Waals surface area contributed by atoms with E-state index in [0.717, 1.165) is 18.9 Å². The van der Waals surface area contributed by atoms with Gasteiger partial charge in [0.25, 0.3) is 0 Å². The van der Waals surface area contributed by atoms with Gasteiger partial charge in [0.1, 0.15) is 5.82 Å². The maximum atomic E-state index is 13.4. The molecule has 1 fully saturated rings. The van der Waals surface area contributed by atoms with Crippen LogP contribution in [0.1, 0.15) is 26.7 Å². The molecular formula is C13H19FN2O2S. The first-order valence-corrected chi connectivity index (χ1v) is 7.83. The third-order valence-electron chi connectivity index (χ3n) is 3.64. The molecule has 2 rings (SSSR count). The Bertz CT molecular complexity index is 574. The molecule has 19 heavy (non-hydrogen) atoms. The van der Waals surface area contributed by atoms with Crippen LogP contribution in [0, 0.1) is 11.7 Å². The van der Waals surface area contributed by atoms with Gasteiger partial charge in [-0.15, -0.1) is 0 Å². The van der Waals surface area contributed by atoms with E-state index in [1.54, 1.807) is 0 Å². The Morgan fingerprint density at radius 2 is 2.00 bits per heavy atom. The second-order valence-corrected chi connectivity index (χ2v) is 7.18. The summed E-state index contributed by atoms with van der Waals surface area (Å²) in [7, 11) is -3.65. The smallest absolute Gasteiger partial charge is 0.243 e. The maximum Gasteiger partial charge on any atom is 0.243 e. The predicted molar refractivity (Wildman–Crippen MR) is 72.6 cm³/mol. The second-order valence-electron chi connectivity index (χ2n) is 5.29. The molecule has 1 saturated heterocycles. The van der Waals surface area contributed by atoms with Crippen molar-refractivity contribution in [3.63, 3.8) is 0 Å². The molecule has 1 aliphatic rings. The topological polar surface area (TPSA) is 63.4 Å². The van der Waals surface area contributed by atoms with E-state index >= 15 is 0 Å². The number of halogens is 1. The molecule has 0 saturated carbocycles. The van der Waals surface area contributed by atoms with Gasteiger partial charge in [-0.25, -0.2) is 12.8 Å². The van der Waals surface area contributed by atoms with Gasteiger partial charge in [0.15, 0.2) is 0 Å². The number of rotatable bonds is 2. The molecule has 0 amide bonds. The first-order chi connectivity index (χ1) is 8.82. The molecule has 0 spiro atoms. The molecule has 6 heteroatoms. The van der Waals surface area contributed by atoms with Crippen molar-refractivity contribution in [3.05, 3.63) is 24.0 Å². The van der Waals surface area contributed by atoms with Gasteiger partial charge in [-0.3, -0.25) is 0 Å². The zero-order chi connectivity index (χ0) is 14.2. The number of nitrogen functional groups attached to an aromatic ring is 1. The lowest BCUT2D eigenvalue weighted by atomic mass is 9.97. The standard InChI is InChI=1S/C13H19FN2O2S/c1-9-3-4-10(2)16(8-9)19(17,18)11-5-6-13(15)12(14)7-11/h5-7,9-10H,3-4,8,15H2,1-2H3. The predicted octanol–water partition coefficient (Wildman–Crippen LogP) is 2.22. The molecule has 0 bridgehead atoms. The van der Waals surface area contributed by atoms with E-state index in [0.29, 0.717) is 12.5 Å². The summed E-state index contributed by atoms with van der Waals surface area (Å²) in [6.07, 6.45) is 1.85. The summed E-state index contributed by atoms with van der Waals surface area (Å²) in [6, 6.07) is 3.60. The van der Waals surface area contributed by atoms with E-state index in [4.69, 9.17) is 5.73 Å². The molecule has 1 aromatic carbocycles. The van der Waals surface area contributed by atoms with Crippen LogP contribution in [0.2, 0.25) is 0 Å². The van der Waals surface area contributed by atoms with Crippen LogP contribution in [0.3, 0.4) is 0 Å². The van der Waals surface area contributed by atoms with Crippen molar-refractivity contribution in [2.45, 2.75) is 37.6 Å². The Morgan fingerprint density at radius 1 is 1.32 bits per heavy atom. The van der Waals surface area contributed by atoms with Gasteiger partial charge in [0.05, 0.1) is 10.6 Å². The average molecular weight is 286 g/mol. The molecular weight excluding hydrogens is 267 g/mol. The van der Waals surface area contributed by atoms with Crippen molar-refractivity contribution in [1.29, 1.82) is 0 Å². The van der Waals surface area contributed by atoms with Crippen LogP contribution in [0.5, 0.6) is 0 Å². The maximum absolute atomic E-state index is 13.4. The van der Waals surface area contributed by atoms with Crippen molar-refractivity contribution in [1.82, 2.24) is 4.31 Å². The zero-order valence-corrected chi connectivity index (χ0v) is 12.0. The van der Waals surface area contributed by atoms with Gasteiger partial charge in [-0.2, -0.15) is 4.31 Å². The minimum Gasteiger partial charge on any atom is -0.396 e. The van der Waals surface area contributed by atoms with Crippen LogP contribution in [-0.4, -0.2) is 25.3 Å². The van der Waals surface area contributed by atoms with Crippen molar-refractivity contribution >= 4 is 15.7 Å². The first-order valence-electron chi connectivity index (χ1n) is 6.39. The average Bonchev–Trinajstić information content (AvgIpc) is 2.35. The number of benzene rings is 1. The first kappa shape index (κ1) is 14.3. The molecule has 2 N–H and O–H groups in total. The molecule has 2 unspecified atom stereocenters. The highest BCUT2D eigenvalue weighted by atomic mass is 32.2. The molecule has 4 nitrogen and oxygen atoms in total. The van der Waals surface area contributed by atoms with E-state index < -0.39 is 15.8 Å². The highest BCUT2D eigenvalue weighted by Gasteiger charge is 2.33. The quantitative estimate of drug-likeness (QED) is 0.848. The summed E-state index contributed by atoms with van der Waals surface area (Å²) in [6.45, 7) is 4.39. The van der Waals surface area contributed by atoms with Gasteiger partial charge in [-0.05, 0) is 43.9 Å². The molecule has 0 aromatic heterocycles. The van der Waals surface area contributed by atoms with Crippen molar-refractivity contribution < 1.29 is 12.8 Å². The third-order valence-corrected chi connectivity index (χ3v) is 5.62.